The van der Waals surface area contributed by atoms with Crippen molar-refractivity contribution in [3.63, 3.8) is 0 Å². The quantitative estimate of drug-likeness (QED) is 0.845. The summed E-state index contributed by atoms with van der Waals surface area (Å²) in [5.74, 6) is -0.310. The van der Waals surface area contributed by atoms with Gasteiger partial charge in [0.05, 0.1) is 23.1 Å². The van der Waals surface area contributed by atoms with E-state index in [4.69, 9.17) is 16.3 Å². The van der Waals surface area contributed by atoms with Crippen LogP contribution in [0.2, 0.25) is 5.02 Å². The molecule has 1 fully saturated rings. The lowest BCUT2D eigenvalue weighted by Gasteiger charge is -2.11. The van der Waals surface area contributed by atoms with Crippen molar-refractivity contribution in [1.29, 1.82) is 0 Å². The van der Waals surface area contributed by atoms with Crippen LogP contribution in [0.5, 0.6) is 0 Å². The van der Waals surface area contributed by atoms with Crippen molar-refractivity contribution < 1.29 is 14.3 Å². The molecule has 1 saturated heterocycles. The first-order valence-electron chi connectivity index (χ1n) is 7.59. The van der Waals surface area contributed by atoms with E-state index in [2.05, 4.69) is 10.6 Å². The number of nitrogens with one attached hydrogen (secondary N) is 2. The van der Waals surface area contributed by atoms with Crippen molar-refractivity contribution in [3.05, 3.63) is 28.8 Å². The minimum absolute atomic E-state index is 0.00886. The molecule has 0 aliphatic carbocycles. The van der Waals surface area contributed by atoms with Crippen LogP contribution in [0.4, 0.5) is 5.69 Å². The van der Waals surface area contributed by atoms with E-state index in [-0.39, 0.29) is 17.9 Å². The lowest BCUT2D eigenvalue weighted by molar-refractivity contribution is -0.118. The third-order valence-electron chi connectivity index (χ3n) is 3.47. The third-order valence-corrected chi connectivity index (χ3v) is 3.78. The highest BCUT2D eigenvalue weighted by Crippen LogP contribution is 2.22. The summed E-state index contributed by atoms with van der Waals surface area (Å²) in [6.07, 6.45) is 3.14. The summed E-state index contributed by atoms with van der Waals surface area (Å²) in [6, 6.07) is 4.89. The van der Waals surface area contributed by atoms with Crippen LogP contribution < -0.4 is 10.6 Å². The molecule has 1 aliphatic rings. The summed E-state index contributed by atoms with van der Waals surface area (Å²) in [5, 5.41) is 5.88. The van der Waals surface area contributed by atoms with Gasteiger partial charge in [0.15, 0.2) is 0 Å². The van der Waals surface area contributed by atoms with Crippen molar-refractivity contribution in [1.82, 2.24) is 5.32 Å². The Morgan fingerprint density at radius 3 is 2.86 bits per heavy atom. The number of carbonyl (C=O) groups excluding carboxylic acids is 2. The summed E-state index contributed by atoms with van der Waals surface area (Å²) < 4.78 is 5.43. The zero-order chi connectivity index (χ0) is 15.9. The van der Waals surface area contributed by atoms with E-state index in [1.807, 2.05) is 6.92 Å². The molecule has 1 atom stereocenters. The molecule has 1 aromatic rings. The van der Waals surface area contributed by atoms with Gasteiger partial charge in [0.1, 0.15) is 0 Å². The first kappa shape index (κ1) is 16.8. The molecule has 2 rings (SSSR count). The monoisotopic (exact) mass is 324 g/mol. The molecule has 0 saturated carbocycles. The van der Waals surface area contributed by atoms with Gasteiger partial charge in [-0.1, -0.05) is 18.5 Å². The number of ether oxygens (including phenoxy) is 1. The zero-order valence-electron chi connectivity index (χ0n) is 12.7. The molecule has 0 bridgehead atoms. The molecule has 0 spiro atoms. The van der Waals surface area contributed by atoms with E-state index in [9.17, 15) is 9.59 Å². The van der Waals surface area contributed by atoms with Gasteiger partial charge in [0, 0.05) is 18.8 Å². The topological polar surface area (TPSA) is 67.4 Å². The average molecular weight is 325 g/mol. The highest BCUT2D eigenvalue weighted by Gasteiger charge is 2.19. The Bertz CT molecular complexity index is 542. The second-order valence-corrected chi connectivity index (χ2v) is 5.75. The summed E-state index contributed by atoms with van der Waals surface area (Å²) >= 11 is 6.12. The van der Waals surface area contributed by atoms with Crippen LogP contribution in [0.15, 0.2) is 18.2 Å². The van der Waals surface area contributed by atoms with Crippen LogP contribution in [0, 0.1) is 0 Å². The van der Waals surface area contributed by atoms with Gasteiger partial charge < -0.3 is 15.4 Å². The summed E-state index contributed by atoms with van der Waals surface area (Å²) in [6.45, 7) is 3.31. The maximum absolute atomic E-state index is 11.9. The van der Waals surface area contributed by atoms with Gasteiger partial charge in [-0.05, 0) is 37.5 Å². The van der Waals surface area contributed by atoms with Gasteiger partial charge in [0.2, 0.25) is 5.91 Å². The second-order valence-electron chi connectivity index (χ2n) is 5.34. The first-order valence-corrected chi connectivity index (χ1v) is 7.97. The Kier molecular flexibility index (Phi) is 6.21. The molecule has 120 valence electrons. The van der Waals surface area contributed by atoms with Gasteiger partial charge in [-0.25, -0.2) is 0 Å². The number of benzene rings is 1. The van der Waals surface area contributed by atoms with Crippen LogP contribution in [-0.2, 0) is 9.53 Å². The molecule has 0 radical (unpaired) electrons. The number of hydrogen-bond acceptors (Lipinski definition) is 3. The van der Waals surface area contributed by atoms with Crippen LogP contribution in [0.1, 0.15) is 43.0 Å². The maximum Gasteiger partial charge on any atom is 0.252 e. The normalized spacial score (nSPS) is 17.3. The second kappa shape index (κ2) is 8.15. The van der Waals surface area contributed by atoms with E-state index in [0.29, 0.717) is 29.2 Å². The number of anilines is 1. The number of carbonyl (C=O) groups is 2. The molecule has 1 aromatic carbocycles. The van der Waals surface area contributed by atoms with Crippen LogP contribution in [-0.4, -0.2) is 31.1 Å². The molecule has 1 aliphatic heterocycles. The lowest BCUT2D eigenvalue weighted by atomic mass is 10.1. The predicted molar refractivity (Wildman–Crippen MR) is 86.3 cm³/mol. The molecule has 22 heavy (non-hydrogen) atoms. The van der Waals surface area contributed by atoms with E-state index in [1.54, 1.807) is 18.2 Å². The Morgan fingerprint density at radius 2 is 2.23 bits per heavy atom. The van der Waals surface area contributed by atoms with Gasteiger partial charge >= 0.3 is 0 Å². The molecule has 2 amide bonds. The molecule has 2 N–H and O–H groups in total. The fraction of sp³-hybridized carbons (Fsp3) is 0.500. The van der Waals surface area contributed by atoms with Crippen molar-refractivity contribution in [2.45, 2.75) is 38.7 Å². The average Bonchev–Trinajstić information content (AvgIpc) is 2.97. The Balaban J connectivity index is 1.93. The van der Waals surface area contributed by atoms with Crippen molar-refractivity contribution in [2.75, 3.05) is 18.5 Å². The molecule has 1 heterocycles. The van der Waals surface area contributed by atoms with E-state index >= 15 is 0 Å². The van der Waals surface area contributed by atoms with Crippen LogP contribution >= 0.6 is 11.6 Å². The number of hydrogen-bond donors (Lipinski definition) is 2. The predicted octanol–water partition coefficient (Wildman–Crippen LogP) is 2.99. The summed E-state index contributed by atoms with van der Waals surface area (Å²) in [4.78, 5) is 23.8. The minimum Gasteiger partial charge on any atom is -0.378 e. The van der Waals surface area contributed by atoms with Crippen LogP contribution in [0.25, 0.3) is 0 Å². The number of halogens is 1. The van der Waals surface area contributed by atoms with Crippen LogP contribution in [0.3, 0.4) is 0 Å². The van der Waals surface area contributed by atoms with Gasteiger partial charge in [-0.3, -0.25) is 9.59 Å². The fourth-order valence-electron chi connectivity index (χ4n) is 2.33. The van der Waals surface area contributed by atoms with Crippen molar-refractivity contribution in [2.24, 2.45) is 0 Å². The summed E-state index contributed by atoms with van der Waals surface area (Å²) in [7, 11) is 0. The molecular weight excluding hydrogens is 304 g/mol. The molecule has 6 heteroatoms. The number of rotatable bonds is 6. The smallest absolute Gasteiger partial charge is 0.252 e. The van der Waals surface area contributed by atoms with E-state index in [0.717, 1.165) is 25.9 Å². The standard InChI is InChI=1S/C16H21ClN2O3/c1-2-7-18-16(21)13-6-5-11(9-14(13)17)19-15(20)10-12-4-3-8-22-12/h5-6,9,12H,2-4,7-8,10H2,1H3,(H,18,21)(H,19,20). The third kappa shape index (κ3) is 4.71. The Labute approximate surface area is 135 Å². The maximum atomic E-state index is 11.9. The van der Waals surface area contributed by atoms with Gasteiger partial charge in [-0.15, -0.1) is 0 Å². The highest BCUT2D eigenvalue weighted by molar-refractivity contribution is 6.34. The molecule has 1 unspecified atom stereocenters. The fourth-order valence-corrected chi connectivity index (χ4v) is 2.60. The zero-order valence-corrected chi connectivity index (χ0v) is 13.4. The SMILES string of the molecule is CCCNC(=O)c1ccc(NC(=O)CC2CCCO2)cc1Cl. The largest absolute Gasteiger partial charge is 0.378 e. The minimum atomic E-state index is -0.205. The lowest BCUT2D eigenvalue weighted by Crippen LogP contribution is -2.24. The molecule has 0 aromatic heterocycles. The van der Waals surface area contributed by atoms with Gasteiger partial charge in [-0.2, -0.15) is 0 Å². The van der Waals surface area contributed by atoms with Crippen molar-refractivity contribution >= 4 is 29.1 Å². The van der Waals surface area contributed by atoms with E-state index < -0.39 is 0 Å². The Hall–Kier alpha value is -1.59. The molecule has 5 nitrogen and oxygen atoms in total. The van der Waals surface area contributed by atoms with Gasteiger partial charge in [0.25, 0.3) is 5.91 Å². The van der Waals surface area contributed by atoms with Crippen molar-refractivity contribution in [3.8, 4) is 0 Å². The molecular formula is C16H21ClN2O3. The van der Waals surface area contributed by atoms with E-state index in [1.165, 1.54) is 0 Å². The highest BCUT2D eigenvalue weighted by atomic mass is 35.5. The Morgan fingerprint density at radius 1 is 1.41 bits per heavy atom. The first-order chi connectivity index (χ1) is 10.6. The number of amides is 2. The summed E-state index contributed by atoms with van der Waals surface area (Å²) in [5.41, 5.74) is 0.993.